The Hall–Kier alpha value is -4.68. The van der Waals surface area contributed by atoms with Crippen LogP contribution in [0.4, 0.5) is 0 Å². The second-order valence-corrected chi connectivity index (χ2v) is 8.97. The van der Waals surface area contributed by atoms with Gasteiger partial charge in [0.25, 0.3) is 17.4 Å². The third-order valence-electron chi connectivity index (χ3n) is 6.82. The molecule has 0 saturated carbocycles. The second-order valence-electron chi connectivity index (χ2n) is 8.97. The molecule has 6 rings (SSSR count). The van der Waals surface area contributed by atoms with Crippen molar-refractivity contribution in [3.63, 3.8) is 0 Å². The molecule has 0 bridgehead atoms. The van der Waals surface area contributed by atoms with Gasteiger partial charge in [-0.25, -0.2) is 9.78 Å². The van der Waals surface area contributed by atoms with E-state index < -0.39 is 11.9 Å². The summed E-state index contributed by atoms with van der Waals surface area (Å²) in [6, 6.07) is 4.51. The Labute approximate surface area is 203 Å². The first kappa shape index (κ1) is 21.8. The van der Waals surface area contributed by atoms with Crippen molar-refractivity contribution in [2.75, 3.05) is 6.54 Å². The maximum atomic E-state index is 13.1. The van der Waals surface area contributed by atoms with Crippen LogP contribution in [0.25, 0.3) is 5.69 Å². The number of imide groups is 1. The molecule has 182 valence electrons. The molecule has 36 heavy (non-hydrogen) atoms. The minimum atomic E-state index is -0.692. The van der Waals surface area contributed by atoms with Gasteiger partial charge in [0.2, 0.25) is 11.8 Å². The van der Waals surface area contributed by atoms with Crippen molar-refractivity contribution < 1.29 is 19.2 Å². The molecule has 1 atom stereocenters. The van der Waals surface area contributed by atoms with Crippen molar-refractivity contribution >= 4 is 23.6 Å². The largest absolute Gasteiger partial charge is 0.332 e. The number of amides is 4. The van der Waals surface area contributed by atoms with Crippen molar-refractivity contribution in [2.24, 2.45) is 0 Å². The summed E-state index contributed by atoms with van der Waals surface area (Å²) in [5, 5.41) is 16.6. The molecule has 13 nitrogen and oxygen atoms in total. The van der Waals surface area contributed by atoms with E-state index in [1.165, 1.54) is 15.8 Å². The van der Waals surface area contributed by atoms with Crippen LogP contribution in [0.5, 0.6) is 0 Å². The number of piperidine rings is 1. The van der Waals surface area contributed by atoms with Crippen LogP contribution in [0.15, 0.2) is 35.4 Å². The zero-order valence-electron chi connectivity index (χ0n) is 18.9. The van der Waals surface area contributed by atoms with E-state index in [1.54, 1.807) is 29.3 Å². The lowest BCUT2D eigenvalue weighted by Gasteiger charge is -2.29. The summed E-state index contributed by atoms with van der Waals surface area (Å²) in [5.74, 6) is -1.42. The Bertz CT molecular complexity index is 1510. The highest BCUT2D eigenvalue weighted by molar-refractivity contribution is 6.05. The molecule has 4 amide bonds. The van der Waals surface area contributed by atoms with Crippen molar-refractivity contribution in [1.29, 1.82) is 0 Å². The van der Waals surface area contributed by atoms with Crippen molar-refractivity contribution in [3.05, 3.63) is 68.9 Å². The van der Waals surface area contributed by atoms with Crippen LogP contribution in [-0.2, 0) is 29.1 Å². The van der Waals surface area contributed by atoms with Crippen LogP contribution in [-0.4, -0.2) is 71.2 Å². The third kappa shape index (κ3) is 3.56. The molecule has 2 N–H and O–H groups in total. The Kier molecular flexibility index (Phi) is 4.98. The number of carbonyl (C=O) groups is 4. The molecular weight excluding hydrogens is 468 g/mol. The maximum absolute atomic E-state index is 13.1. The Morgan fingerprint density at radius 1 is 1.06 bits per heavy atom. The molecule has 0 aliphatic carbocycles. The van der Waals surface area contributed by atoms with E-state index >= 15 is 0 Å². The van der Waals surface area contributed by atoms with E-state index in [9.17, 15) is 24.0 Å². The molecule has 3 aliphatic heterocycles. The molecule has 5 heterocycles. The fourth-order valence-electron chi connectivity index (χ4n) is 4.91. The normalized spacial score (nSPS) is 19.2. The molecule has 0 radical (unpaired) electrons. The Morgan fingerprint density at radius 2 is 1.92 bits per heavy atom. The van der Waals surface area contributed by atoms with Gasteiger partial charge in [-0.2, -0.15) is 5.10 Å². The third-order valence-corrected chi connectivity index (χ3v) is 6.82. The highest BCUT2D eigenvalue weighted by Crippen LogP contribution is 2.29. The van der Waals surface area contributed by atoms with E-state index in [0.717, 1.165) is 5.56 Å². The Balaban J connectivity index is 1.20. The van der Waals surface area contributed by atoms with Gasteiger partial charge in [-0.15, -0.1) is 5.10 Å². The van der Waals surface area contributed by atoms with E-state index in [2.05, 4.69) is 25.8 Å². The van der Waals surface area contributed by atoms with Crippen LogP contribution in [0.2, 0.25) is 0 Å². The van der Waals surface area contributed by atoms with Crippen molar-refractivity contribution in [1.82, 2.24) is 40.3 Å². The predicted molar refractivity (Wildman–Crippen MR) is 121 cm³/mol. The summed E-state index contributed by atoms with van der Waals surface area (Å²) >= 11 is 0. The van der Waals surface area contributed by atoms with Crippen molar-refractivity contribution in [3.8, 4) is 5.69 Å². The predicted octanol–water partition coefficient (Wildman–Crippen LogP) is -0.690. The Morgan fingerprint density at radius 3 is 2.75 bits per heavy atom. The first-order valence-electron chi connectivity index (χ1n) is 11.4. The molecule has 1 aromatic carbocycles. The van der Waals surface area contributed by atoms with Crippen LogP contribution < -0.4 is 10.9 Å². The standard InChI is InChI=1S/C23H20N8O5/c32-19-4-3-18(21(34)25-19)30-10-12-1-2-14(7-16(12)22(30)35)31-11-17(26-28-31)23(36)29-6-5-15-13(9-29)8-24-27-20(15)33/h1-2,7-8,11,18H,3-6,9-10H2,(H,27,33)(H,25,32,34). The van der Waals surface area contributed by atoms with Gasteiger partial charge in [-0.05, 0) is 30.5 Å². The number of nitrogens with zero attached hydrogens (tertiary/aromatic N) is 6. The molecule has 0 spiro atoms. The molecule has 3 aromatic rings. The average Bonchev–Trinajstić information content (AvgIpc) is 3.49. The van der Waals surface area contributed by atoms with Crippen LogP contribution in [0.3, 0.4) is 0 Å². The number of carbonyl (C=O) groups excluding carboxylic acids is 4. The lowest BCUT2D eigenvalue weighted by molar-refractivity contribution is -0.136. The number of aromatic nitrogens is 5. The SMILES string of the molecule is O=C1CCC(N2Cc3ccc(-n4cc(C(=O)N5CCc6c(cn[nH]c6=O)C5)nn4)cc3C2=O)C(=O)N1. The van der Waals surface area contributed by atoms with Gasteiger partial charge in [0.05, 0.1) is 18.1 Å². The first-order chi connectivity index (χ1) is 17.4. The van der Waals surface area contributed by atoms with Crippen LogP contribution in [0, 0.1) is 0 Å². The van der Waals surface area contributed by atoms with Gasteiger partial charge < -0.3 is 9.80 Å². The summed E-state index contributed by atoms with van der Waals surface area (Å²) in [6.07, 6.45) is 3.94. The highest BCUT2D eigenvalue weighted by Gasteiger charge is 2.39. The quantitative estimate of drug-likeness (QED) is 0.458. The van der Waals surface area contributed by atoms with Gasteiger partial charge >= 0.3 is 0 Å². The molecule has 2 aromatic heterocycles. The van der Waals surface area contributed by atoms with Crippen LogP contribution in [0.1, 0.15) is 50.4 Å². The smallest absolute Gasteiger partial charge is 0.276 e. The lowest BCUT2D eigenvalue weighted by Crippen LogP contribution is -2.52. The number of benzene rings is 1. The topological polar surface area (TPSA) is 163 Å². The van der Waals surface area contributed by atoms with Crippen molar-refractivity contribution in [2.45, 2.75) is 38.4 Å². The second kappa shape index (κ2) is 8.22. The van der Waals surface area contributed by atoms with Crippen LogP contribution >= 0.6 is 0 Å². The molecule has 1 fully saturated rings. The zero-order valence-corrected chi connectivity index (χ0v) is 18.9. The van der Waals surface area contributed by atoms with E-state index in [-0.39, 0.29) is 54.9 Å². The lowest BCUT2D eigenvalue weighted by atomic mass is 10.0. The molecule has 1 unspecified atom stereocenters. The maximum Gasteiger partial charge on any atom is 0.276 e. The van der Waals surface area contributed by atoms with Gasteiger partial charge in [0.1, 0.15) is 6.04 Å². The summed E-state index contributed by atoms with van der Waals surface area (Å²) in [4.78, 5) is 64.8. The number of fused-ring (bicyclic) bond motifs is 2. The number of aromatic amines is 1. The van der Waals surface area contributed by atoms with Gasteiger partial charge in [-0.1, -0.05) is 11.3 Å². The zero-order chi connectivity index (χ0) is 25.0. The molecule has 1 saturated heterocycles. The van der Waals surface area contributed by atoms with Gasteiger partial charge in [-0.3, -0.25) is 29.3 Å². The van der Waals surface area contributed by atoms with E-state index in [4.69, 9.17) is 0 Å². The van der Waals surface area contributed by atoms with Gasteiger partial charge in [0, 0.05) is 42.7 Å². The fourth-order valence-corrected chi connectivity index (χ4v) is 4.91. The summed E-state index contributed by atoms with van der Waals surface area (Å²) in [5.41, 5.74) is 2.96. The summed E-state index contributed by atoms with van der Waals surface area (Å²) < 4.78 is 1.42. The minimum absolute atomic E-state index is 0.133. The summed E-state index contributed by atoms with van der Waals surface area (Å²) in [7, 11) is 0. The van der Waals surface area contributed by atoms with Gasteiger partial charge in [0.15, 0.2) is 5.69 Å². The minimum Gasteiger partial charge on any atom is -0.332 e. The monoisotopic (exact) mass is 488 g/mol. The highest BCUT2D eigenvalue weighted by atomic mass is 16.2. The molecule has 13 heteroatoms. The van der Waals surface area contributed by atoms with E-state index in [1.807, 2.05) is 0 Å². The number of rotatable bonds is 3. The fraction of sp³-hybridized carbons (Fsp3) is 0.304. The number of hydrogen-bond acceptors (Lipinski definition) is 8. The molecule has 3 aliphatic rings. The van der Waals surface area contributed by atoms with E-state index in [0.29, 0.717) is 35.3 Å². The number of hydrogen-bond donors (Lipinski definition) is 2. The summed E-state index contributed by atoms with van der Waals surface area (Å²) in [6.45, 7) is 0.896. The average molecular weight is 488 g/mol. The first-order valence-corrected chi connectivity index (χ1v) is 11.4. The molecular formula is C23H20N8O5. The number of H-pyrrole nitrogens is 1. The number of nitrogens with one attached hydrogen (secondary N) is 2.